The van der Waals surface area contributed by atoms with Crippen molar-refractivity contribution in [2.75, 3.05) is 13.1 Å². The minimum absolute atomic E-state index is 0.000418. The molecule has 1 amide bonds. The smallest absolute Gasteiger partial charge is 0.252 e. The summed E-state index contributed by atoms with van der Waals surface area (Å²) < 4.78 is 0. The van der Waals surface area contributed by atoms with E-state index >= 15 is 0 Å². The summed E-state index contributed by atoms with van der Waals surface area (Å²) in [4.78, 5) is 12.8. The first kappa shape index (κ1) is 13.1. The molecule has 18 heavy (non-hydrogen) atoms. The molecule has 2 rings (SSSR count). The number of nitrogens with one attached hydrogen (secondary N) is 1. The molecule has 1 aliphatic carbocycles. The normalized spacial score (nSPS) is 15.7. The van der Waals surface area contributed by atoms with Gasteiger partial charge in [-0.1, -0.05) is 18.8 Å². The van der Waals surface area contributed by atoms with Crippen LogP contribution in [0.2, 0.25) is 0 Å². The molecule has 1 atom stereocenters. The SMILES string of the molecule is CC(CNC(=O)c1csc(C#CCN)c1)C1CC1. The number of carbonyl (C=O) groups is 1. The molecule has 96 valence electrons. The second-order valence-electron chi connectivity index (χ2n) is 4.73. The largest absolute Gasteiger partial charge is 0.352 e. The molecule has 1 aliphatic rings. The van der Waals surface area contributed by atoms with E-state index in [0.29, 0.717) is 18.0 Å². The van der Waals surface area contributed by atoms with Gasteiger partial charge in [0.1, 0.15) is 0 Å². The highest BCUT2D eigenvalue weighted by Gasteiger charge is 2.27. The minimum atomic E-state index is -0.000418. The van der Waals surface area contributed by atoms with E-state index in [4.69, 9.17) is 5.73 Å². The van der Waals surface area contributed by atoms with Crippen molar-refractivity contribution in [1.29, 1.82) is 0 Å². The lowest BCUT2D eigenvalue weighted by molar-refractivity contribution is 0.0947. The van der Waals surface area contributed by atoms with Gasteiger partial charge in [0.15, 0.2) is 0 Å². The summed E-state index contributed by atoms with van der Waals surface area (Å²) in [5.74, 6) is 7.13. The lowest BCUT2D eigenvalue weighted by Crippen LogP contribution is -2.28. The zero-order valence-corrected chi connectivity index (χ0v) is 11.3. The van der Waals surface area contributed by atoms with E-state index in [1.807, 2.05) is 11.4 Å². The standard InChI is InChI=1S/C14H18N2OS/c1-10(11-4-5-11)8-16-14(17)12-7-13(18-9-12)3-2-6-15/h7,9-11H,4-6,8,15H2,1H3,(H,16,17). The third-order valence-electron chi connectivity index (χ3n) is 3.19. The fraction of sp³-hybridized carbons (Fsp3) is 0.500. The fourth-order valence-electron chi connectivity index (χ4n) is 1.85. The van der Waals surface area contributed by atoms with Crippen molar-refractivity contribution < 1.29 is 4.79 Å². The summed E-state index contributed by atoms with van der Waals surface area (Å²) in [5.41, 5.74) is 6.01. The number of rotatable bonds is 4. The molecule has 0 aromatic carbocycles. The van der Waals surface area contributed by atoms with Crippen LogP contribution in [-0.4, -0.2) is 19.0 Å². The number of hydrogen-bond acceptors (Lipinski definition) is 3. The second kappa shape index (κ2) is 6.03. The molecule has 0 radical (unpaired) electrons. The van der Waals surface area contributed by atoms with Gasteiger partial charge in [-0.3, -0.25) is 4.79 Å². The van der Waals surface area contributed by atoms with E-state index in [9.17, 15) is 4.79 Å². The Kier molecular flexibility index (Phi) is 4.40. The highest BCUT2D eigenvalue weighted by atomic mass is 32.1. The van der Waals surface area contributed by atoms with E-state index in [2.05, 4.69) is 24.1 Å². The van der Waals surface area contributed by atoms with E-state index in [-0.39, 0.29) is 5.91 Å². The van der Waals surface area contributed by atoms with Crippen LogP contribution < -0.4 is 11.1 Å². The van der Waals surface area contributed by atoms with E-state index in [1.54, 1.807) is 0 Å². The summed E-state index contributed by atoms with van der Waals surface area (Å²) in [5, 5.41) is 4.83. The highest BCUT2D eigenvalue weighted by molar-refractivity contribution is 7.10. The van der Waals surface area contributed by atoms with E-state index in [0.717, 1.165) is 17.3 Å². The Morgan fingerprint density at radius 2 is 2.44 bits per heavy atom. The van der Waals surface area contributed by atoms with Crippen LogP contribution in [0.3, 0.4) is 0 Å². The van der Waals surface area contributed by atoms with Gasteiger partial charge in [-0.2, -0.15) is 0 Å². The first-order valence-electron chi connectivity index (χ1n) is 6.26. The van der Waals surface area contributed by atoms with Crippen molar-refractivity contribution >= 4 is 17.2 Å². The molecule has 0 aliphatic heterocycles. The molecule has 1 unspecified atom stereocenters. The molecule has 3 N–H and O–H groups in total. The minimum Gasteiger partial charge on any atom is -0.352 e. The van der Waals surface area contributed by atoms with Crippen molar-refractivity contribution in [2.45, 2.75) is 19.8 Å². The van der Waals surface area contributed by atoms with Gasteiger partial charge < -0.3 is 11.1 Å². The van der Waals surface area contributed by atoms with E-state index < -0.39 is 0 Å². The second-order valence-corrected chi connectivity index (χ2v) is 5.64. The molecule has 1 saturated carbocycles. The van der Waals surface area contributed by atoms with Crippen molar-refractivity contribution in [3.63, 3.8) is 0 Å². The average Bonchev–Trinajstić information content (AvgIpc) is 3.12. The van der Waals surface area contributed by atoms with Crippen LogP contribution in [0.5, 0.6) is 0 Å². The van der Waals surface area contributed by atoms with Gasteiger partial charge in [-0.25, -0.2) is 0 Å². The molecule has 1 heterocycles. The predicted molar refractivity (Wildman–Crippen MR) is 74.5 cm³/mol. The van der Waals surface area contributed by atoms with Crippen molar-refractivity contribution in [1.82, 2.24) is 5.32 Å². The third-order valence-corrected chi connectivity index (χ3v) is 4.03. The van der Waals surface area contributed by atoms with Gasteiger partial charge in [0, 0.05) is 11.9 Å². The monoisotopic (exact) mass is 262 g/mol. The van der Waals surface area contributed by atoms with Crippen LogP contribution in [-0.2, 0) is 0 Å². The fourth-order valence-corrected chi connectivity index (χ4v) is 2.60. The van der Waals surface area contributed by atoms with Crippen molar-refractivity contribution in [3.05, 3.63) is 21.9 Å². The topological polar surface area (TPSA) is 55.1 Å². The summed E-state index contributed by atoms with van der Waals surface area (Å²) in [6, 6.07) is 1.82. The van der Waals surface area contributed by atoms with Gasteiger partial charge in [0.25, 0.3) is 5.91 Å². The van der Waals surface area contributed by atoms with Gasteiger partial charge >= 0.3 is 0 Å². The molecular weight excluding hydrogens is 244 g/mol. The average molecular weight is 262 g/mol. The Labute approximate surface area is 112 Å². The maximum absolute atomic E-state index is 11.9. The van der Waals surface area contributed by atoms with Crippen LogP contribution in [0.4, 0.5) is 0 Å². The summed E-state index contributed by atoms with van der Waals surface area (Å²) in [6.45, 7) is 3.31. The van der Waals surface area contributed by atoms with Gasteiger partial charge in [-0.05, 0) is 30.7 Å². The van der Waals surface area contributed by atoms with Crippen LogP contribution in [0.25, 0.3) is 0 Å². The van der Waals surface area contributed by atoms with Crippen LogP contribution in [0.1, 0.15) is 35.0 Å². The maximum atomic E-state index is 11.9. The molecule has 0 saturated heterocycles. The third kappa shape index (κ3) is 3.59. The number of thiophene rings is 1. The Morgan fingerprint density at radius 3 is 3.11 bits per heavy atom. The van der Waals surface area contributed by atoms with Crippen molar-refractivity contribution in [2.24, 2.45) is 17.6 Å². The predicted octanol–water partition coefficient (Wildman–Crippen LogP) is 1.83. The number of hydrogen-bond donors (Lipinski definition) is 2. The molecule has 1 aromatic rings. The highest BCUT2D eigenvalue weighted by Crippen LogP contribution is 2.36. The summed E-state index contributed by atoms with van der Waals surface area (Å²) in [6.07, 6.45) is 2.63. The molecule has 1 fully saturated rings. The molecule has 0 spiro atoms. The van der Waals surface area contributed by atoms with Gasteiger partial charge in [-0.15, -0.1) is 11.3 Å². The zero-order chi connectivity index (χ0) is 13.0. The summed E-state index contributed by atoms with van der Waals surface area (Å²) in [7, 11) is 0. The number of nitrogens with two attached hydrogens (primary N) is 1. The quantitative estimate of drug-likeness (QED) is 0.813. The van der Waals surface area contributed by atoms with Gasteiger partial charge in [0.2, 0.25) is 0 Å². The molecule has 0 bridgehead atoms. The Morgan fingerprint density at radius 1 is 1.67 bits per heavy atom. The van der Waals surface area contributed by atoms with Crippen molar-refractivity contribution in [3.8, 4) is 11.8 Å². The first-order valence-corrected chi connectivity index (χ1v) is 7.14. The van der Waals surface area contributed by atoms with Gasteiger partial charge in [0.05, 0.1) is 17.0 Å². The van der Waals surface area contributed by atoms with Crippen LogP contribution >= 0.6 is 11.3 Å². The van der Waals surface area contributed by atoms with E-state index in [1.165, 1.54) is 24.2 Å². The lowest BCUT2D eigenvalue weighted by Gasteiger charge is -2.10. The van der Waals surface area contributed by atoms with Crippen LogP contribution in [0, 0.1) is 23.7 Å². The molecule has 3 nitrogen and oxygen atoms in total. The Balaban J connectivity index is 1.86. The maximum Gasteiger partial charge on any atom is 0.252 e. The Bertz CT molecular complexity index is 479. The number of carbonyl (C=O) groups excluding carboxylic acids is 1. The zero-order valence-electron chi connectivity index (χ0n) is 10.5. The Hall–Kier alpha value is -1.31. The lowest BCUT2D eigenvalue weighted by atomic mass is 10.1. The summed E-state index contributed by atoms with van der Waals surface area (Å²) >= 11 is 1.48. The molecular formula is C14H18N2OS. The first-order chi connectivity index (χ1) is 8.70. The number of amides is 1. The molecule has 4 heteroatoms. The van der Waals surface area contributed by atoms with Crippen LogP contribution in [0.15, 0.2) is 11.4 Å². The molecule has 1 aromatic heterocycles.